The fourth-order valence-corrected chi connectivity index (χ4v) is 7.99. The van der Waals surface area contributed by atoms with Crippen LogP contribution in [0, 0.1) is 0 Å². The van der Waals surface area contributed by atoms with E-state index in [9.17, 15) is 28.8 Å². The van der Waals surface area contributed by atoms with Crippen molar-refractivity contribution in [1.82, 2.24) is 47.2 Å². The third-order valence-electron chi connectivity index (χ3n) is 11.1. The molecule has 10 N–H and O–H groups in total. The van der Waals surface area contributed by atoms with Crippen molar-refractivity contribution in [3.05, 3.63) is 48.0 Å². The smallest absolute Gasteiger partial charge is 0.243 e. The number of nitrogens with two attached hydrogens (primary N) is 1. The van der Waals surface area contributed by atoms with Crippen LogP contribution in [0.5, 0.6) is 5.75 Å². The first kappa shape index (κ1) is 54.6. The lowest BCUT2D eigenvalue weighted by molar-refractivity contribution is -0.135. The van der Waals surface area contributed by atoms with Crippen molar-refractivity contribution < 1.29 is 33.5 Å². The van der Waals surface area contributed by atoms with Crippen LogP contribution >= 0.6 is 24.0 Å². The van der Waals surface area contributed by atoms with Gasteiger partial charge in [0.05, 0.1) is 17.9 Å². The number of imidazole rings is 1. The van der Waals surface area contributed by atoms with Crippen LogP contribution in [-0.2, 0) is 41.6 Å². The molecule has 0 saturated carbocycles. The molecule has 2 aliphatic heterocycles. The number of carbonyl (C=O) groups excluding carboxylic acids is 6. The maximum atomic E-state index is 14.5. The lowest BCUT2D eigenvalue weighted by Crippen LogP contribution is -2.59. The van der Waals surface area contributed by atoms with Gasteiger partial charge in [0.15, 0.2) is 0 Å². The predicted molar refractivity (Wildman–Crippen MR) is 259 cm³/mol. The fourth-order valence-electron chi connectivity index (χ4n) is 7.41. The highest BCUT2D eigenvalue weighted by molar-refractivity contribution is 7.98. The summed E-state index contributed by atoms with van der Waals surface area (Å²) < 4.78 is 6.01. The summed E-state index contributed by atoms with van der Waals surface area (Å²) in [4.78, 5) is 90.0. The van der Waals surface area contributed by atoms with E-state index < -0.39 is 59.7 Å². The fraction of sp³-hybridized carbons (Fsp3) is 0.652. The zero-order chi connectivity index (χ0) is 47.2. The van der Waals surface area contributed by atoms with Gasteiger partial charge < -0.3 is 52.7 Å². The Morgan fingerprint density at radius 2 is 1.49 bits per heavy atom. The molecule has 0 unspecified atom stereocenters. The van der Waals surface area contributed by atoms with Gasteiger partial charge >= 0.3 is 0 Å². The molecule has 2 aliphatic rings. The van der Waals surface area contributed by atoms with Crippen molar-refractivity contribution >= 4 is 64.4 Å². The Morgan fingerprint density at radius 3 is 2.12 bits per heavy atom. The van der Waals surface area contributed by atoms with Crippen molar-refractivity contribution in [2.24, 2.45) is 5.73 Å². The average molecular weight is 943 g/mol. The molecule has 17 nitrogen and oxygen atoms in total. The molecule has 3 heterocycles. The van der Waals surface area contributed by atoms with Gasteiger partial charge in [-0.05, 0) is 101 Å². The van der Waals surface area contributed by atoms with E-state index >= 15 is 0 Å². The van der Waals surface area contributed by atoms with Gasteiger partial charge in [0, 0.05) is 44.7 Å². The highest BCUT2D eigenvalue weighted by atomic mass is 32.2. The molecule has 6 amide bonds. The number of aromatic amines is 1. The molecule has 5 atom stereocenters. The van der Waals surface area contributed by atoms with Gasteiger partial charge in [-0.15, -0.1) is 0 Å². The zero-order valence-electron chi connectivity index (χ0n) is 38.6. The number of benzene rings is 1. The number of carbonyl (C=O) groups is 6. The Kier molecular flexibility index (Phi) is 26.9. The van der Waals surface area contributed by atoms with E-state index in [1.807, 2.05) is 30.5 Å². The maximum absolute atomic E-state index is 14.5. The minimum absolute atomic E-state index is 0.0892. The molecule has 1 aromatic heterocycles. The number of rotatable bonds is 21. The van der Waals surface area contributed by atoms with E-state index in [0.29, 0.717) is 80.5 Å². The van der Waals surface area contributed by atoms with Crippen LogP contribution in [0.25, 0.3) is 0 Å². The lowest BCUT2D eigenvalue weighted by Gasteiger charge is -2.27. The predicted octanol–water partition coefficient (Wildman–Crippen LogP) is 3.26. The monoisotopic (exact) mass is 943 g/mol. The Hall–Kier alpha value is -4.75. The van der Waals surface area contributed by atoms with Gasteiger partial charge in [0.25, 0.3) is 0 Å². The molecule has 65 heavy (non-hydrogen) atoms. The number of unbranched alkanes of at least 4 members (excludes halogenated alkanes) is 2. The molecule has 1 aromatic carbocycles. The summed E-state index contributed by atoms with van der Waals surface area (Å²) in [6.45, 7) is 5.11. The number of H-pyrrole nitrogens is 1. The number of ether oxygens (including phenoxy) is 1. The van der Waals surface area contributed by atoms with E-state index in [4.69, 9.17) is 22.7 Å². The van der Waals surface area contributed by atoms with Gasteiger partial charge in [-0.25, -0.2) is 4.98 Å². The molecule has 0 spiro atoms. The number of fused-ring (bicyclic) bond motifs is 19. The first-order valence-electron chi connectivity index (χ1n) is 23.3. The van der Waals surface area contributed by atoms with Crippen LogP contribution in [0.4, 0.5) is 0 Å². The van der Waals surface area contributed by atoms with Gasteiger partial charge in [-0.1, -0.05) is 62.9 Å². The van der Waals surface area contributed by atoms with Crippen LogP contribution in [0.2, 0.25) is 0 Å². The summed E-state index contributed by atoms with van der Waals surface area (Å²) >= 11 is 6.73. The number of nitrogens with zero attached hydrogens (tertiary/aromatic N) is 1. The second-order valence-corrected chi connectivity index (χ2v) is 18.2. The van der Waals surface area contributed by atoms with E-state index in [1.165, 1.54) is 19.7 Å². The molecular formula is C46H74N10O7S2. The van der Waals surface area contributed by atoms with Gasteiger partial charge in [-0.3, -0.25) is 28.8 Å². The number of hydrogen-bond donors (Lipinski definition) is 9. The highest BCUT2D eigenvalue weighted by Crippen LogP contribution is 2.17. The van der Waals surface area contributed by atoms with E-state index in [2.05, 4.69) is 47.2 Å². The lowest BCUT2D eigenvalue weighted by atomic mass is 10.0. The average Bonchev–Trinajstić information content (AvgIpc) is 3.79. The van der Waals surface area contributed by atoms with Crippen molar-refractivity contribution in [3.63, 3.8) is 0 Å². The van der Waals surface area contributed by atoms with Crippen molar-refractivity contribution in [3.8, 4) is 5.75 Å². The summed E-state index contributed by atoms with van der Waals surface area (Å²) in [5, 5.41) is 20.3. The third-order valence-corrected chi connectivity index (χ3v) is 11.8. The van der Waals surface area contributed by atoms with Crippen molar-refractivity contribution in [2.45, 2.75) is 153 Å². The molecule has 0 radical (unpaired) electrons. The Balaban J connectivity index is 1.92. The first-order valence-corrected chi connectivity index (χ1v) is 25.1. The van der Waals surface area contributed by atoms with Gasteiger partial charge in [-0.2, -0.15) is 11.8 Å². The number of amides is 6. The molecule has 362 valence electrons. The summed E-state index contributed by atoms with van der Waals surface area (Å²) in [6.07, 6.45) is 16.6. The van der Waals surface area contributed by atoms with E-state index in [0.717, 1.165) is 50.5 Å². The minimum atomic E-state index is -1.13. The molecule has 0 fully saturated rings. The molecular weight excluding hydrogens is 869 g/mol. The maximum Gasteiger partial charge on any atom is 0.243 e. The van der Waals surface area contributed by atoms with E-state index in [-0.39, 0.29) is 31.6 Å². The number of aromatic nitrogens is 2. The quantitative estimate of drug-likeness (QED) is 0.0647. The van der Waals surface area contributed by atoms with Crippen molar-refractivity contribution in [2.75, 3.05) is 38.2 Å². The minimum Gasteiger partial charge on any atom is -0.494 e. The number of nitrogens with one attached hydrogen (secondary N) is 8. The van der Waals surface area contributed by atoms with Crippen LogP contribution < -0.4 is 47.7 Å². The van der Waals surface area contributed by atoms with Crippen LogP contribution in [-0.4, -0.2) is 119 Å². The highest BCUT2D eigenvalue weighted by Gasteiger charge is 2.32. The number of thioether (sulfide) groups is 1. The molecule has 2 aromatic rings. The SMILES string of the molecule is CSCC[C@@H]1NC(=O)[C@@H](NC(=O)[C@H](CCCCNC(C)=S)NC(=O)[C@H](CCCCN)NC(=O)[C@H](Cc2cnc[nH]2)NC(C)=O)Cc2ccc(cc2)OCCCCCCCCCCNC1=O. The Bertz CT molecular complexity index is 1750. The van der Waals surface area contributed by atoms with Gasteiger partial charge in [0.1, 0.15) is 36.0 Å². The first-order chi connectivity index (χ1) is 31.4. The largest absolute Gasteiger partial charge is 0.494 e. The second kappa shape index (κ2) is 32.0. The molecule has 0 saturated heterocycles. The number of thiocarbonyl (C=S) groups is 1. The Labute approximate surface area is 394 Å². The second-order valence-electron chi connectivity index (χ2n) is 16.6. The topological polar surface area (TPSA) is 251 Å². The third kappa shape index (κ3) is 22.8. The molecule has 4 rings (SSSR count). The zero-order valence-corrected chi connectivity index (χ0v) is 40.2. The van der Waals surface area contributed by atoms with Gasteiger partial charge in [0.2, 0.25) is 35.4 Å². The van der Waals surface area contributed by atoms with Crippen molar-refractivity contribution in [1.29, 1.82) is 0 Å². The Morgan fingerprint density at radius 1 is 0.846 bits per heavy atom. The summed E-state index contributed by atoms with van der Waals surface area (Å²) in [5.41, 5.74) is 7.14. The summed E-state index contributed by atoms with van der Waals surface area (Å²) in [7, 11) is 0. The molecule has 19 heteroatoms. The molecule has 0 aliphatic carbocycles. The van der Waals surface area contributed by atoms with Crippen LogP contribution in [0.15, 0.2) is 36.8 Å². The van der Waals surface area contributed by atoms with Crippen LogP contribution in [0.3, 0.4) is 0 Å². The standard InChI is InChI=1S/C46H74N10O7S2/c1-32(57)52-41(29-35-30-48-31-51-35)46(62)54-37(16-10-12-23-47)43(59)53-38(17-11-14-24-49-33(2)64)44(60)56-40-28-34-18-20-36(21-19-34)63-26-15-9-7-5-4-6-8-13-25-50-42(58)39(22-27-65-3)55-45(40)61/h18-21,30-31,37-41H,4-17,22-29,47H2,1-3H3,(H,48,51)(H,49,64)(H,50,58)(H,52,57)(H,53,59)(H,54,62)(H,55,61)(H,56,60)/t37-,38-,39-,40-,41-/m0/s1. The van der Waals surface area contributed by atoms with Crippen LogP contribution in [0.1, 0.15) is 121 Å². The molecule has 2 bridgehead atoms. The summed E-state index contributed by atoms with van der Waals surface area (Å²) in [5.74, 6) is -1.73. The number of hydrogen-bond acceptors (Lipinski definition) is 11. The van der Waals surface area contributed by atoms with E-state index in [1.54, 1.807) is 24.9 Å². The normalized spacial score (nSPS) is 18.2. The summed E-state index contributed by atoms with van der Waals surface area (Å²) in [6, 6.07) is 2.22.